The smallest absolute Gasteiger partial charge is 0.120 e. The number of hydrogen-bond acceptors (Lipinski definition) is 3. The Kier molecular flexibility index (Phi) is 5.12. The van der Waals surface area contributed by atoms with E-state index >= 15 is 0 Å². The van der Waals surface area contributed by atoms with Crippen LogP contribution in [0.5, 0.6) is 5.75 Å². The van der Waals surface area contributed by atoms with Gasteiger partial charge in [-0.2, -0.15) is 0 Å². The third kappa shape index (κ3) is 3.14. The van der Waals surface area contributed by atoms with Gasteiger partial charge in [-0.15, -0.1) is 0 Å². The second-order valence-electron chi connectivity index (χ2n) is 3.88. The van der Waals surface area contributed by atoms with Gasteiger partial charge in [0, 0.05) is 24.8 Å². The van der Waals surface area contributed by atoms with E-state index in [2.05, 4.69) is 24.8 Å². The highest BCUT2D eigenvalue weighted by Crippen LogP contribution is 2.25. The largest absolute Gasteiger partial charge is 0.508 e. The van der Waals surface area contributed by atoms with E-state index in [9.17, 15) is 5.11 Å². The molecule has 0 atom stereocenters. The number of nitrogens with zero attached hydrogens (tertiary/aromatic N) is 1. The Labute approximate surface area is 97.9 Å². The lowest BCUT2D eigenvalue weighted by Gasteiger charge is -2.21. The summed E-state index contributed by atoms with van der Waals surface area (Å²) in [5.74, 6) is 0.387. The second kappa shape index (κ2) is 6.38. The van der Waals surface area contributed by atoms with Crippen LogP contribution >= 0.6 is 0 Å². The van der Waals surface area contributed by atoms with Gasteiger partial charge in [-0.3, -0.25) is 0 Å². The van der Waals surface area contributed by atoms with Crippen molar-refractivity contribution in [1.82, 2.24) is 0 Å². The van der Waals surface area contributed by atoms with Gasteiger partial charge >= 0.3 is 0 Å². The quantitative estimate of drug-likeness (QED) is 0.775. The SMILES string of the molecule is CCN(CC)c1ccc(CCCN)c(O)c1. The third-order valence-corrected chi connectivity index (χ3v) is 2.85. The van der Waals surface area contributed by atoms with Crippen molar-refractivity contribution < 1.29 is 5.11 Å². The number of phenolic OH excluding ortho intramolecular Hbond substituents is 1. The highest BCUT2D eigenvalue weighted by atomic mass is 16.3. The first-order valence-corrected chi connectivity index (χ1v) is 5.99. The molecule has 3 nitrogen and oxygen atoms in total. The van der Waals surface area contributed by atoms with Crippen LogP contribution in [0, 0.1) is 0 Å². The van der Waals surface area contributed by atoms with E-state index in [0.717, 1.165) is 37.2 Å². The van der Waals surface area contributed by atoms with Gasteiger partial charge in [0.1, 0.15) is 5.75 Å². The Bertz CT molecular complexity index is 322. The lowest BCUT2D eigenvalue weighted by molar-refractivity contribution is 0.467. The Morgan fingerprint density at radius 2 is 1.94 bits per heavy atom. The molecular weight excluding hydrogens is 200 g/mol. The van der Waals surface area contributed by atoms with Crippen LogP contribution in [-0.4, -0.2) is 24.7 Å². The van der Waals surface area contributed by atoms with Crippen molar-refractivity contribution in [2.75, 3.05) is 24.5 Å². The zero-order valence-corrected chi connectivity index (χ0v) is 10.2. The second-order valence-corrected chi connectivity index (χ2v) is 3.88. The first kappa shape index (κ1) is 12.8. The van der Waals surface area contributed by atoms with Gasteiger partial charge in [0.25, 0.3) is 0 Å². The van der Waals surface area contributed by atoms with Crippen LogP contribution in [0.1, 0.15) is 25.8 Å². The van der Waals surface area contributed by atoms with Crippen molar-refractivity contribution in [1.29, 1.82) is 0 Å². The molecule has 0 saturated carbocycles. The molecule has 3 heteroatoms. The third-order valence-electron chi connectivity index (χ3n) is 2.85. The van der Waals surface area contributed by atoms with Crippen LogP contribution in [0.2, 0.25) is 0 Å². The van der Waals surface area contributed by atoms with Crippen LogP contribution in [0.15, 0.2) is 18.2 Å². The van der Waals surface area contributed by atoms with Crippen LogP contribution in [0.4, 0.5) is 5.69 Å². The number of hydrogen-bond donors (Lipinski definition) is 2. The molecule has 0 fully saturated rings. The summed E-state index contributed by atoms with van der Waals surface area (Å²) < 4.78 is 0. The zero-order chi connectivity index (χ0) is 12.0. The standard InChI is InChI=1S/C13H22N2O/c1-3-15(4-2)12-8-7-11(6-5-9-14)13(16)10-12/h7-8,10,16H,3-6,9,14H2,1-2H3. The maximum atomic E-state index is 9.89. The van der Waals surface area contributed by atoms with Crippen molar-refractivity contribution in [3.05, 3.63) is 23.8 Å². The Hall–Kier alpha value is -1.22. The molecule has 0 aliphatic carbocycles. The van der Waals surface area contributed by atoms with E-state index in [0.29, 0.717) is 12.3 Å². The summed E-state index contributed by atoms with van der Waals surface area (Å²) in [6.07, 6.45) is 1.76. The van der Waals surface area contributed by atoms with Crippen LogP contribution in [0.3, 0.4) is 0 Å². The van der Waals surface area contributed by atoms with Crippen LogP contribution in [0.25, 0.3) is 0 Å². The van der Waals surface area contributed by atoms with Gasteiger partial charge < -0.3 is 15.7 Å². The summed E-state index contributed by atoms with van der Waals surface area (Å²) >= 11 is 0. The molecule has 1 rings (SSSR count). The molecule has 0 aliphatic rings. The topological polar surface area (TPSA) is 49.5 Å². The number of anilines is 1. The molecule has 0 saturated heterocycles. The van der Waals surface area contributed by atoms with Gasteiger partial charge in [0.15, 0.2) is 0 Å². The summed E-state index contributed by atoms with van der Waals surface area (Å²) in [4.78, 5) is 2.21. The summed E-state index contributed by atoms with van der Waals surface area (Å²) in [7, 11) is 0. The molecule has 0 aliphatic heterocycles. The monoisotopic (exact) mass is 222 g/mol. The minimum absolute atomic E-state index is 0.387. The molecule has 0 bridgehead atoms. The molecule has 0 heterocycles. The summed E-state index contributed by atoms with van der Waals surface area (Å²) in [6.45, 7) is 6.80. The van der Waals surface area contributed by atoms with Gasteiger partial charge in [-0.1, -0.05) is 6.07 Å². The lowest BCUT2D eigenvalue weighted by atomic mass is 10.1. The van der Waals surface area contributed by atoms with Crippen molar-refractivity contribution >= 4 is 5.69 Å². The van der Waals surface area contributed by atoms with Gasteiger partial charge in [-0.05, 0) is 44.9 Å². The zero-order valence-electron chi connectivity index (χ0n) is 10.2. The molecule has 0 unspecified atom stereocenters. The fourth-order valence-corrected chi connectivity index (χ4v) is 1.84. The Morgan fingerprint density at radius 3 is 2.44 bits per heavy atom. The number of rotatable bonds is 6. The molecule has 1 aromatic carbocycles. The molecule has 3 N–H and O–H groups in total. The predicted octanol–water partition coefficient (Wildman–Crippen LogP) is 2.13. The van der Waals surface area contributed by atoms with Crippen LogP contribution < -0.4 is 10.6 Å². The minimum Gasteiger partial charge on any atom is -0.508 e. The summed E-state index contributed by atoms with van der Waals surface area (Å²) in [5.41, 5.74) is 7.53. The molecule has 90 valence electrons. The van der Waals surface area contributed by atoms with E-state index in [-0.39, 0.29) is 0 Å². The van der Waals surface area contributed by atoms with E-state index in [4.69, 9.17) is 5.73 Å². The fraction of sp³-hybridized carbons (Fsp3) is 0.538. The summed E-state index contributed by atoms with van der Waals surface area (Å²) in [6, 6.07) is 5.91. The molecule has 0 radical (unpaired) electrons. The van der Waals surface area contributed by atoms with E-state index in [1.807, 2.05) is 12.1 Å². The van der Waals surface area contributed by atoms with Gasteiger partial charge in [0.2, 0.25) is 0 Å². The Morgan fingerprint density at radius 1 is 1.25 bits per heavy atom. The highest BCUT2D eigenvalue weighted by molar-refractivity contribution is 5.53. The number of phenols is 1. The first-order chi connectivity index (χ1) is 7.72. The normalized spacial score (nSPS) is 10.4. The number of aryl methyl sites for hydroxylation is 1. The molecule has 16 heavy (non-hydrogen) atoms. The van der Waals surface area contributed by atoms with E-state index in [1.54, 1.807) is 0 Å². The first-order valence-electron chi connectivity index (χ1n) is 5.99. The van der Waals surface area contributed by atoms with Gasteiger partial charge in [-0.25, -0.2) is 0 Å². The van der Waals surface area contributed by atoms with E-state index in [1.165, 1.54) is 0 Å². The molecular formula is C13H22N2O. The molecule has 1 aromatic rings. The minimum atomic E-state index is 0.387. The van der Waals surface area contributed by atoms with Crippen molar-refractivity contribution in [3.8, 4) is 5.75 Å². The average Bonchev–Trinajstić information content (AvgIpc) is 2.29. The van der Waals surface area contributed by atoms with Crippen molar-refractivity contribution in [2.24, 2.45) is 5.73 Å². The van der Waals surface area contributed by atoms with Crippen molar-refractivity contribution in [3.63, 3.8) is 0 Å². The maximum Gasteiger partial charge on any atom is 0.120 e. The molecule has 0 amide bonds. The number of aromatic hydroxyl groups is 1. The van der Waals surface area contributed by atoms with Gasteiger partial charge in [0.05, 0.1) is 0 Å². The summed E-state index contributed by atoms with van der Waals surface area (Å²) in [5, 5.41) is 9.89. The molecule has 0 aromatic heterocycles. The van der Waals surface area contributed by atoms with Crippen LogP contribution in [-0.2, 0) is 6.42 Å². The highest BCUT2D eigenvalue weighted by Gasteiger charge is 2.06. The Balaban J connectivity index is 2.81. The molecule has 0 spiro atoms. The predicted molar refractivity (Wildman–Crippen MR) is 69.0 cm³/mol. The van der Waals surface area contributed by atoms with Crippen molar-refractivity contribution in [2.45, 2.75) is 26.7 Å². The average molecular weight is 222 g/mol. The fourth-order valence-electron chi connectivity index (χ4n) is 1.84. The lowest BCUT2D eigenvalue weighted by Crippen LogP contribution is -2.21. The van der Waals surface area contributed by atoms with E-state index < -0.39 is 0 Å². The maximum absolute atomic E-state index is 9.89. The number of benzene rings is 1. The number of nitrogens with two attached hydrogens (primary N) is 1.